The predicted octanol–water partition coefficient (Wildman–Crippen LogP) is 1.26. The highest BCUT2D eigenvalue weighted by molar-refractivity contribution is 9.10. The quantitative estimate of drug-likeness (QED) is 0.837. The molecule has 0 saturated carbocycles. The second-order valence-electron chi connectivity index (χ2n) is 3.65. The lowest BCUT2D eigenvalue weighted by Gasteiger charge is -2.24. The first-order valence-corrected chi connectivity index (χ1v) is 5.50. The molecular weight excluding hydrogens is 262 g/mol. The fourth-order valence-electron chi connectivity index (χ4n) is 1.87. The van der Waals surface area contributed by atoms with Crippen LogP contribution in [0.1, 0.15) is 12.1 Å². The third-order valence-electron chi connectivity index (χ3n) is 2.72. The van der Waals surface area contributed by atoms with E-state index in [4.69, 9.17) is 5.11 Å². The van der Waals surface area contributed by atoms with E-state index in [2.05, 4.69) is 15.9 Å². The standard InChI is InChI=1S/C10H10BrNO3/c11-7-2-4-9(13)12-5-6(10(14)15)1-3-8(7)12/h2,4,6H,1,3,5H2,(H,14,15). The predicted molar refractivity (Wildman–Crippen MR) is 57.8 cm³/mol. The Hall–Kier alpha value is -1.10. The third-order valence-corrected chi connectivity index (χ3v) is 3.44. The molecule has 0 amide bonds. The summed E-state index contributed by atoms with van der Waals surface area (Å²) < 4.78 is 2.43. The molecule has 1 aliphatic rings. The highest BCUT2D eigenvalue weighted by atomic mass is 79.9. The molecule has 1 unspecified atom stereocenters. The van der Waals surface area contributed by atoms with Crippen molar-refractivity contribution in [3.8, 4) is 0 Å². The summed E-state index contributed by atoms with van der Waals surface area (Å²) in [6, 6.07) is 3.17. The van der Waals surface area contributed by atoms with Crippen LogP contribution in [0.2, 0.25) is 0 Å². The smallest absolute Gasteiger partial charge is 0.308 e. The minimum Gasteiger partial charge on any atom is -0.481 e. The van der Waals surface area contributed by atoms with E-state index in [1.807, 2.05) is 0 Å². The number of nitrogens with zero attached hydrogens (tertiary/aromatic N) is 1. The molecular formula is C10H10BrNO3. The van der Waals surface area contributed by atoms with Crippen molar-refractivity contribution in [1.29, 1.82) is 0 Å². The molecule has 0 radical (unpaired) electrons. The first kappa shape index (κ1) is 10.4. The summed E-state index contributed by atoms with van der Waals surface area (Å²) in [4.78, 5) is 22.4. The number of rotatable bonds is 1. The van der Waals surface area contributed by atoms with Crippen LogP contribution in [-0.4, -0.2) is 15.6 Å². The van der Waals surface area contributed by atoms with E-state index >= 15 is 0 Å². The molecule has 1 N–H and O–H groups in total. The molecule has 0 fully saturated rings. The molecule has 2 rings (SSSR count). The largest absolute Gasteiger partial charge is 0.481 e. The van der Waals surface area contributed by atoms with Crippen LogP contribution < -0.4 is 5.56 Å². The van der Waals surface area contributed by atoms with Crippen molar-refractivity contribution in [2.75, 3.05) is 0 Å². The molecule has 0 saturated heterocycles. The number of hydrogen-bond acceptors (Lipinski definition) is 2. The van der Waals surface area contributed by atoms with Gasteiger partial charge in [0.2, 0.25) is 0 Å². The molecule has 1 aliphatic heterocycles. The van der Waals surface area contributed by atoms with Gasteiger partial charge in [0.25, 0.3) is 5.56 Å². The lowest BCUT2D eigenvalue weighted by atomic mass is 9.97. The number of aromatic nitrogens is 1. The monoisotopic (exact) mass is 271 g/mol. The summed E-state index contributed by atoms with van der Waals surface area (Å²) in [5.74, 6) is -1.27. The van der Waals surface area contributed by atoms with Crippen LogP contribution in [-0.2, 0) is 17.8 Å². The average Bonchev–Trinajstić information content (AvgIpc) is 2.23. The maximum atomic E-state index is 11.5. The van der Waals surface area contributed by atoms with Crippen LogP contribution in [0.4, 0.5) is 0 Å². The van der Waals surface area contributed by atoms with Crippen LogP contribution in [0.3, 0.4) is 0 Å². The topological polar surface area (TPSA) is 59.3 Å². The molecule has 2 heterocycles. The second-order valence-corrected chi connectivity index (χ2v) is 4.50. The van der Waals surface area contributed by atoms with Gasteiger partial charge in [-0.05, 0) is 34.8 Å². The van der Waals surface area contributed by atoms with Gasteiger partial charge in [-0.25, -0.2) is 0 Å². The van der Waals surface area contributed by atoms with Gasteiger partial charge in [0, 0.05) is 22.8 Å². The van der Waals surface area contributed by atoms with E-state index in [9.17, 15) is 9.59 Å². The molecule has 80 valence electrons. The van der Waals surface area contributed by atoms with Crippen LogP contribution >= 0.6 is 15.9 Å². The van der Waals surface area contributed by atoms with Crippen molar-refractivity contribution in [1.82, 2.24) is 4.57 Å². The SMILES string of the molecule is O=C(O)C1CCc2c(Br)ccc(=O)n2C1. The zero-order valence-corrected chi connectivity index (χ0v) is 9.53. The molecule has 4 nitrogen and oxygen atoms in total. The summed E-state index contributed by atoms with van der Waals surface area (Å²) in [7, 11) is 0. The highest BCUT2D eigenvalue weighted by Crippen LogP contribution is 2.24. The van der Waals surface area contributed by atoms with Gasteiger partial charge in [0.1, 0.15) is 0 Å². The van der Waals surface area contributed by atoms with Gasteiger partial charge in [0.15, 0.2) is 0 Å². The van der Waals surface area contributed by atoms with Crippen LogP contribution in [0.25, 0.3) is 0 Å². The molecule has 1 aromatic rings. The normalized spacial score (nSPS) is 19.7. The lowest BCUT2D eigenvalue weighted by molar-refractivity contribution is -0.142. The van der Waals surface area contributed by atoms with Gasteiger partial charge in [-0.2, -0.15) is 0 Å². The van der Waals surface area contributed by atoms with Crippen LogP contribution in [0.15, 0.2) is 21.4 Å². The maximum absolute atomic E-state index is 11.5. The van der Waals surface area contributed by atoms with E-state index in [0.717, 1.165) is 10.2 Å². The van der Waals surface area contributed by atoms with E-state index in [1.165, 1.54) is 6.07 Å². The molecule has 5 heteroatoms. The second kappa shape index (κ2) is 3.81. The first-order chi connectivity index (χ1) is 7.09. The third kappa shape index (κ3) is 1.84. The minimum atomic E-state index is -0.826. The summed E-state index contributed by atoms with van der Waals surface area (Å²) in [6.45, 7) is 0.281. The number of aliphatic carboxylic acids is 1. The summed E-state index contributed by atoms with van der Waals surface area (Å²) in [5, 5.41) is 8.90. The molecule has 1 aromatic heterocycles. The lowest BCUT2D eigenvalue weighted by Crippen LogP contribution is -2.34. The van der Waals surface area contributed by atoms with Crippen molar-refractivity contribution in [2.45, 2.75) is 19.4 Å². The molecule has 15 heavy (non-hydrogen) atoms. The number of carboxylic acid groups (broad SMARTS) is 1. The Kier molecular flexibility index (Phi) is 2.65. The van der Waals surface area contributed by atoms with Crippen LogP contribution in [0, 0.1) is 5.92 Å². The summed E-state index contributed by atoms with van der Waals surface area (Å²) in [5.41, 5.74) is 0.777. The number of pyridine rings is 1. The zero-order valence-electron chi connectivity index (χ0n) is 7.94. The maximum Gasteiger partial charge on any atom is 0.308 e. The molecule has 0 aliphatic carbocycles. The van der Waals surface area contributed by atoms with Crippen LogP contribution in [0.5, 0.6) is 0 Å². The van der Waals surface area contributed by atoms with Gasteiger partial charge in [-0.3, -0.25) is 9.59 Å². The summed E-state index contributed by atoms with van der Waals surface area (Å²) >= 11 is 3.37. The Labute approximate surface area is 94.7 Å². The average molecular weight is 272 g/mol. The number of fused-ring (bicyclic) bond motifs is 1. The fourth-order valence-corrected chi connectivity index (χ4v) is 2.42. The molecule has 0 bridgehead atoms. The number of hydrogen-bond donors (Lipinski definition) is 1. The van der Waals surface area contributed by atoms with E-state index in [1.54, 1.807) is 10.6 Å². The van der Waals surface area contributed by atoms with E-state index in [-0.39, 0.29) is 12.1 Å². The Morgan fingerprint density at radius 3 is 2.93 bits per heavy atom. The molecule has 0 aromatic carbocycles. The van der Waals surface area contributed by atoms with Gasteiger partial charge in [0.05, 0.1) is 5.92 Å². The number of carboxylic acids is 1. The highest BCUT2D eigenvalue weighted by Gasteiger charge is 2.25. The Balaban J connectivity index is 2.45. The van der Waals surface area contributed by atoms with E-state index in [0.29, 0.717) is 12.8 Å². The molecule has 1 atom stereocenters. The van der Waals surface area contributed by atoms with Crippen molar-refractivity contribution < 1.29 is 9.90 Å². The van der Waals surface area contributed by atoms with Crippen molar-refractivity contribution >= 4 is 21.9 Å². The van der Waals surface area contributed by atoms with Gasteiger partial charge < -0.3 is 9.67 Å². The van der Waals surface area contributed by atoms with Crippen molar-refractivity contribution in [3.63, 3.8) is 0 Å². The molecule has 0 spiro atoms. The Morgan fingerprint density at radius 2 is 2.27 bits per heavy atom. The first-order valence-electron chi connectivity index (χ1n) is 4.70. The number of halogens is 1. The van der Waals surface area contributed by atoms with Crippen molar-refractivity contribution in [2.24, 2.45) is 5.92 Å². The minimum absolute atomic E-state index is 0.126. The van der Waals surface area contributed by atoms with Crippen molar-refractivity contribution in [3.05, 3.63) is 32.7 Å². The summed E-state index contributed by atoms with van der Waals surface area (Å²) in [6.07, 6.45) is 1.23. The van der Waals surface area contributed by atoms with Gasteiger partial charge in [-0.1, -0.05) is 0 Å². The Morgan fingerprint density at radius 1 is 1.53 bits per heavy atom. The zero-order chi connectivity index (χ0) is 11.0. The fraction of sp³-hybridized carbons (Fsp3) is 0.400. The Bertz CT molecular complexity index is 466. The van der Waals surface area contributed by atoms with Gasteiger partial charge >= 0.3 is 5.97 Å². The van der Waals surface area contributed by atoms with Gasteiger partial charge in [-0.15, -0.1) is 0 Å². The van der Waals surface area contributed by atoms with E-state index < -0.39 is 11.9 Å². The number of carbonyl (C=O) groups is 1.